The third-order valence-corrected chi connectivity index (χ3v) is 5.22. The molecule has 1 saturated heterocycles. The van der Waals surface area contributed by atoms with E-state index in [1.165, 1.54) is 9.80 Å². The average molecular weight is 381 g/mol. The highest BCUT2D eigenvalue weighted by Crippen LogP contribution is 2.33. The van der Waals surface area contributed by atoms with Crippen LogP contribution in [0, 0.1) is 0 Å². The molecule has 8 heteroatoms. The van der Waals surface area contributed by atoms with Crippen molar-refractivity contribution in [1.29, 1.82) is 0 Å². The Morgan fingerprint density at radius 3 is 2.64 bits per heavy atom. The van der Waals surface area contributed by atoms with Crippen LogP contribution in [0.25, 0.3) is 6.08 Å². The number of amides is 3. The van der Waals surface area contributed by atoms with Gasteiger partial charge in [-0.2, -0.15) is 0 Å². The summed E-state index contributed by atoms with van der Waals surface area (Å²) in [6, 6.07) is 8.80. The highest BCUT2D eigenvalue weighted by Gasteiger charge is 2.53. The lowest BCUT2D eigenvalue weighted by molar-refractivity contribution is -0.136. The predicted molar refractivity (Wildman–Crippen MR) is 105 cm³/mol. The number of urea groups is 1. The molecule has 8 nitrogen and oxygen atoms in total. The molecule has 0 radical (unpaired) electrons. The summed E-state index contributed by atoms with van der Waals surface area (Å²) in [6.45, 7) is 2.49. The zero-order chi connectivity index (χ0) is 19.8. The van der Waals surface area contributed by atoms with E-state index in [0.717, 1.165) is 11.3 Å². The van der Waals surface area contributed by atoms with Gasteiger partial charge in [0, 0.05) is 32.0 Å². The second-order valence-electron chi connectivity index (χ2n) is 7.00. The number of rotatable bonds is 5. The molecule has 3 heterocycles. The molecule has 3 aliphatic rings. The molecule has 1 aromatic carbocycles. The molecule has 0 saturated carbocycles. The maximum absolute atomic E-state index is 13.2. The van der Waals surface area contributed by atoms with Gasteiger partial charge in [-0.25, -0.2) is 9.79 Å². The quantitative estimate of drug-likeness (QED) is 0.827. The largest absolute Gasteiger partial charge is 0.395 e. The normalized spacial score (nSPS) is 24.1. The second-order valence-corrected chi connectivity index (χ2v) is 7.00. The lowest BCUT2D eigenvalue weighted by Crippen LogP contribution is -2.64. The molecular formula is C20H23N5O3. The van der Waals surface area contributed by atoms with Crippen molar-refractivity contribution in [3.63, 3.8) is 0 Å². The van der Waals surface area contributed by atoms with Crippen LogP contribution in [0.4, 0.5) is 4.79 Å². The summed E-state index contributed by atoms with van der Waals surface area (Å²) in [4.78, 5) is 37.0. The number of allylic oxidation sites excluding steroid dienone is 1. The van der Waals surface area contributed by atoms with Crippen molar-refractivity contribution < 1.29 is 14.7 Å². The first-order valence-electron chi connectivity index (χ1n) is 9.25. The van der Waals surface area contributed by atoms with Gasteiger partial charge in [0.1, 0.15) is 0 Å². The second kappa shape index (κ2) is 7.12. The Balaban J connectivity index is 1.55. The monoisotopic (exact) mass is 381 g/mol. The van der Waals surface area contributed by atoms with E-state index in [1.807, 2.05) is 65.4 Å². The Morgan fingerprint density at radius 2 is 1.93 bits per heavy atom. The molecule has 3 amide bonds. The highest BCUT2D eigenvalue weighted by molar-refractivity contribution is 6.05. The Labute approximate surface area is 163 Å². The van der Waals surface area contributed by atoms with Crippen LogP contribution >= 0.6 is 0 Å². The van der Waals surface area contributed by atoms with Gasteiger partial charge in [0.25, 0.3) is 5.91 Å². The van der Waals surface area contributed by atoms with Crippen LogP contribution in [0.3, 0.4) is 0 Å². The minimum Gasteiger partial charge on any atom is -0.395 e. The van der Waals surface area contributed by atoms with Gasteiger partial charge in [0.15, 0.2) is 12.2 Å². The molecule has 0 bridgehead atoms. The van der Waals surface area contributed by atoms with Gasteiger partial charge in [0.2, 0.25) is 5.96 Å². The van der Waals surface area contributed by atoms with Gasteiger partial charge in [0.05, 0.1) is 6.61 Å². The van der Waals surface area contributed by atoms with Crippen molar-refractivity contribution >= 4 is 24.0 Å². The Bertz CT molecular complexity index is 879. The van der Waals surface area contributed by atoms with E-state index in [-0.39, 0.29) is 25.1 Å². The number of aliphatic hydroxyl groups excluding tert-OH is 1. The minimum absolute atomic E-state index is 0.0213. The number of likely N-dealkylation sites (N-methyl/N-ethyl adjacent to an activating group) is 1. The molecule has 4 rings (SSSR count). The summed E-state index contributed by atoms with van der Waals surface area (Å²) in [7, 11) is 1.67. The molecule has 1 N–H and O–H groups in total. The lowest BCUT2D eigenvalue weighted by atomic mass is 10.1. The molecule has 2 unspecified atom stereocenters. The SMILES string of the molecule is CC1=CN2C(=NC3C2C(=O)N(C/C=C/c2ccccc2)C(=O)N3C)N1CCO. The summed E-state index contributed by atoms with van der Waals surface area (Å²) in [6.07, 6.45) is 5.01. The molecule has 146 valence electrons. The summed E-state index contributed by atoms with van der Waals surface area (Å²) in [5.41, 5.74) is 1.92. The fourth-order valence-electron chi connectivity index (χ4n) is 3.80. The van der Waals surface area contributed by atoms with Gasteiger partial charge >= 0.3 is 6.03 Å². The number of fused-ring (bicyclic) bond motifs is 3. The van der Waals surface area contributed by atoms with E-state index in [9.17, 15) is 14.7 Å². The molecule has 0 aliphatic carbocycles. The number of hydrogen-bond donors (Lipinski definition) is 1. The third kappa shape index (κ3) is 2.86. The van der Waals surface area contributed by atoms with Crippen molar-refractivity contribution in [2.45, 2.75) is 19.1 Å². The van der Waals surface area contributed by atoms with Crippen molar-refractivity contribution in [1.82, 2.24) is 19.6 Å². The zero-order valence-electron chi connectivity index (χ0n) is 15.9. The van der Waals surface area contributed by atoms with Crippen molar-refractivity contribution in [2.24, 2.45) is 4.99 Å². The van der Waals surface area contributed by atoms with Crippen molar-refractivity contribution in [3.05, 3.63) is 53.9 Å². The summed E-state index contributed by atoms with van der Waals surface area (Å²) in [5.74, 6) is 0.343. The predicted octanol–water partition coefficient (Wildman–Crippen LogP) is 1.13. The number of benzene rings is 1. The lowest BCUT2D eigenvalue weighted by Gasteiger charge is -2.39. The van der Waals surface area contributed by atoms with Crippen LogP contribution in [-0.4, -0.2) is 81.6 Å². The van der Waals surface area contributed by atoms with Crippen LogP contribution in [-0.2, 0) is 4.79 Å². The molecular weight excluding hydrogens is 358 g/mol. The zero-order valence-corrected chi connectivity index (χ0v) is 15.9. The number of aliphatic hydroxyl groups is 1. The number of carbonyl (C=O) groups excluding carboxylic acids is 2. The number of β-amino-alcohol motifs (C(OH)–C–C–N with tert-alkyl or cyclic N) is 1. The topological polar surface area (TPSA) is 79.7 Å². The Morgan fingerprint density at radius 1 is 1.18 bits per heavy atom. The summed E-state index contributed by atoms with van der Waals surface area (Å²) >= 11 is 0. The molecule has 28 heavy (non-hydrogen) atoms. The Kier molecular flexibility index (Phi) is 4.64. The van der Waals surface area contributed by atoms with E-state index >= 15 is 0 Å². The summed E-state index contributed by atoms with van der Waals surface area (Å²) in [5, 5.41) is 9.31. The molecule has 1 fully saturated rings. The standard InChI is InChI=1S/C20H23N5O3/c1-14-13-25-16-17(21-19(25)23(14)11-12-26)22(2)20(28)24(18(16)27)10-6-9-15-7-4-3-5-8-15/h3-9,13,16-17,26H,10-12H2,1-2H3/b9-6+. The summed E-state index contributed by atoms with van der Waals surface area (Å²) < 4.78 is 0. The smallest absolute Gasteiger partial charge is 0.328 e. The van der Waals surface area contributed by atoms with Crippen LogP contribution < -0.4 is 0 Å². The molecule has 3 aliphatic heterocycles. The van der Waals surface area contributed by atoms with Crippen LogP contribution in [0.5, 0.6) is 0 Å². The maximum atomic E-state index is 13.2. The van der Waals surface area contributed by atoms with Crippen LogP contribution in [0.2, 0.25) is 0 Å². The number of nitrogens with zero attached hydrogens (tertiary/aromatic N) is 5. The van der Waals surface area contributed by atoms with E-state index < -0.39 is 12.2 Å². The van der Waals surface area contributed by atoms with E-state index in [0.29, 0.717) is 12.5 Å². The van der Waals surface area contributed by atoms with Gasteiger partial charge in [-0.15, -0.1) is 0 Å². The Hall–Kier alpha value is -3.13. The van der Waals surface area contributed by atoms with Gasteiger partial charge in [-0.3, -0.25) is 9.69 Å². The van der Waals surface area contributed by atoms with E-state index in [2.05, 4.69) is 4.99 Å². The molecule has 2 atom stereocenters. The van der Waals surface area contributed by atoms with Gasteiger partial charge in [-0.1, -0.05) is 42.5 Å². The van der Waals surface area contributed by atoms with Crippen molar-refractivity contribution in [2.75, 3.05) is 26.7 Å². The molecule has 1 aromatic rings. The number of guanidine groups is 1. The first-order valence-corrected chi connectivity index (χ1v) is 9.25. The molecule has 0 aromatic heterocycles. The first-order chi connectivity index (χ1) is 13.5. The van der Waals surface area contributed by atoms with Gasteiger partial charge < -0.3 is 19.8 Å². The fourth-order valence-corrected chi connectivity index (χ4v) is 3.80. The van der Waals surface area contributed by atoms with E-state index in [1.54, 1.807) is 7.05 Å². The first kappa shape index (κ1) is 18.2. The number of carbonyl (C=O) groups is 2. The maximum Gasteiger partial charge on any atom is 0.328 e. The van der Waals surface area contributed by atoms with Crippen LogP contribution in [0.15, 0.2) is 53.3 Å². The van der Waals surface area contributed by atoms with E-state index in [4.69, 9.17) is 0 Å². The number of hydrogen-bond acceptors (Lipinski definition) is 6. The highest BCUT2D eigenvalue weighted by atomic mass is 16.3. The number of aliphatic imine (C=N–C) groups is 1. The van der Waals surface area contributed by atoms with Gasteiger partial charge in [-0.05, 0) is 12.5 Å². The van der Waals surface area contributed by atoms with Crippen LogP contribution in [0.1, 0.15) is 12.5 Å². The number of imide groups is 1. The average Bonchev–Trinajstić information content (AvgIpc) is 3.20. The fraction of sp³-hybridized carbons (Fsp3) is 0.350. The molecule has 0 spiro atoms. The third-order valence-electron chi connectivity index (χ3n) is 5.22. The van der Waals surface area contributed by atoms with Crippen molar-refractivity contribution in [3.8, 4) is 0 Å². The minimum atomic E-state index is -0.582.